The van der Waals surface area contributed by atoms with Crippen LogP contribution in [-0.2, 0) is 5.75 Å². The predicted molar refractivity (Wildman–Crippen MR) is 115 cm³/mol. The molecule has 158 valence electrons. The number of nitrogens with one attached hydrogen (secondary N) is 2. The first kappa shape index (κ1) is 20.6. The summed E-state index contributed by atoms with van der Waals surface area (Å²) >= 11 is 1.66. The van der Waals surface area contributed by atoms with Crippen LogP contribution in [0.2, 0.25) is 0 Å². The summed E-state index contributed by atoms with van der Waals surface area (Å²) in [5.74, 6) is 0.491. The molecule has 8 heteroatoms. The first-order valence-corrected chi connectivity index (χ1v) is 11.5. The maximum atomic E-state index is 14.5. The molecule has 0 bridgehead atoms. The minimum Gasteiger partial charge on any atom is -0.382 e. The second kappa shape index (κ2) is 8.60. The Morgan fingerprint density at radius 1 is 1.24 bits per heavy atom. The summed E-state index contributed by atoms with van der Waals surface area (Å²) in [6.45, 7) is 0.0761. The monoisotopic (exact) mass is 422 g/mol. The Hall–Kier alpha value is -1.67. The third-order valence-electron chi connectivity index (χ3n) is 6.19. The van der Waals surface area contributed by atoms with Crippen molar-refractivity contribution in [3.05, 3.63) is 34.1 Å². The van der Waals surface area contributed by atoms with Crippen LogP contribution in [0.25, 0.3) is 10.9 Å². The molecule has 0 spiro atoms. The number of hydrogen-bond donors (Lipinski definition) is 3. The molecular weight excluding hydrogens is 394 g/mol. The highest BCUT2D eigenvalue weighted by Gasteiger charge is 2.34. The van der Waals surface area contributed by atoms with E-state index in [-0.39, 0.29) is 11.9 Å². The molecule has 0 amide bonds. The molecule has 0 saturated heterocycles. The van der Waals surface area contributed by atoms with E-state index in [9.17, 15) is 13.6 Å². The van der Waals surface area contributed by atoms with Crippen LogP contribution in [0.3, 0.4) is 0 Å². The molecule has 2 saturated carbocycles. The standard InChI is InChI=1S/C21H28F2N4OS/c22-16-9-14(25-13-3-1-2-4-13)10-17-19(16)20(28)27-18(26-17)11-29-15-5-7-21(23,12-24)8-6-15/h9-10,13,15,25H,1-8,11-12,24H2,(H,26,27,28)/t15-,21+. The van der Waals surface area contributed by atoms with Crippen molar-refractivity contribution in [2.24, 2.45) is 5.73 Å². The summed E-state index contributed by atoms with van der Waals surface area (Å²) in [6.07, 6.45) is 7.01. The molecule has 2 fully saturated rings. The molecule has 1 heterocycles. The average Bonchev–Trinajstić information content (AvgIpc) is 3.20. The number of nitrogens with zero attached hydrogens (tertiary/aromatic N) is 1. The van der Waals surface area contributed by atoms with Gasteiger partial charge in [0.25, 0.3) is 5.56 Å². The second-order valence-electron chi connectivity index (χ2n) is 8.36. The number of thioether (sulfide) groups is 1. The van der Waals surface area contributed by atoms with Crippen molar-refractivity contribution in [3.63, 3.8) is 0 Å². The van der Waals surface area contributed by atoms with Crippen LogP contribution in [0.15, 0.2) is 16.9 Å². The summed E-state index contributed by atoms with van der Waals surface area (Å²) < 4.78 is 28.8. The molecule has 0 aliphatic heterocycles. The van der Waals surface area contributed by atoms with Gasteiger partial charge in [-0.05, 0) is 50.7 Å². The predicted octanol–water partition coefficient (Wildman–Crippen LogP) is 4.26. The van der Waals surface area contributed by atoms with Crippen LogP contribution in [0.5, 0.6) is 0 Å². The number of aromatic nitrogens is 2. The molecule has 0 atom stereocenters. The highest BCUT2D eigenvalue weighted by atomic mass is 32.2. The number of alkyl halides is 1. The topological polar surface area (TPSA) is 83.8 Å². The Labute approximate surface area is 173 Å². The molecule has 2 aromatic rings. The van der Waals surface area contributed by atoms with Gasteiger partial charge in [0.15, 0.2) is 0 Å². The van der Waals surface area contributed by atoms with Gasteiger partial charge in [-0.15, -0.1) is 0 Å². The fourth-order valence-corrected chi connectivity index (χ4v) is 5.51. The number of halogens is 2. The molecule has 29 heavy (non-hydrogen) atoms. The smallest absolute Gasteiger partial charge is 0.261 e. The molecule has 1 aromatic carbocycles. The van der Waals surface area contributed by atoms with Crippen molar-refractivity contribution in [1.82, 2.24) is 9.97 Å². The maximum Gasteiger partial charge on any atom is 0.261 e. The number of aromatic amines is 1. The third-order valence-corrected chi connectivity index (χ3v) is 7.57. The van der Waals surface area contributed by atoms with Crippen LogP contribution in [0.4, 0.5) is 14.5 Å². The third kappa shape index (κ3) is 4.74. The molecule has 1 aromatic heterocycles. The van der Waals surface area contributed by atoms with E-state index >= 15 is 0 Å². The van der Waals surface area contributed by atoms with Crippen molar-refractivity contribution in [3.8, 4) is 0 Å². The number of H-pyrrole nitrogens is 1. The summed E-state index contributed by atoms with van der Waals surface area (Å²) in [4.78, 5) is 19.6. The second-order valence-corrected chi connectivity index (χ2v) is 9.64. The fourth-order valence-electron chi connectivity index (χ4n) is 4.41. The lowest BCUT2D eigenvalue weighted by atomic mass is 9.86. The Bertz CT molecular complexity index is 921. The number of fused-ring (bicyclic) bond motifs is 1. The molecule has 0 radical (unpaired) electrons. The van der Waals surface area contributed by atoms with Gasteiger partial charge in [-0.1, -0.05) is 12.8 Å². The van der Waals surface area contributed by atoms with Crippen LogP contribution < -0.4 is 16.6 Å². The van der Waals surface area contributed by atoms with E-state index in [1.807, 2.05) is 0 Å². The minimum absolute atomic E-state index is 0.00135. The van der Waals surface area contributed by atoms with Gasteiger partial charge in [0.2, 0.25) is 0 Å². The maximum absolute atomic E-state index is 14.5. The van der Waals surface area contributed by atoms with Crippen LogP contribution in [0, 0.1) is 5.82 Å². The number of anilines is 1. The Morgan fingerprint density at radius 2 is 1.97 bits per heavy atom. The van der Waals surface area contributed by atoms with Crippen molar-refractivity contribution in [2.75, 3.05) is 11.9 Å². The van der Waals surface area contributed by atoms with Gasteiger partial charge in [0.05, 0.1) is 11.3 Å². The normalized spacial score (nSPS) is 25.6. The van der Waals surface area contributed by atoms with Gasteiger partial charge in [0.1, 0.15) is 22.7 Å². The Balaban J connectivity index is 1.47. The zero-order valence-electron chi connectivity index (χ0n) is 16.5. The summed E-state index contributed by atoms with van der Waals surface area (Å²) in [5, 5.41) is 3.68. The van der Waals surface area contributed by atoms with Gasteiger partial charge in [-0.2, -0.15) is 11.8 Å². The van der Waals surface area contributed by atoms with Gasteiger partial charge in [-0.25, -0.2) is 13.8 Å². The van der Waals surface area contributed by atoms with E-state index in [0.29, 0.717) is 46.9 Å². The van der Waals surface area contributed by atoms with E-state index in [1.54, 1.807) is 17.8 Å². The lowest BCUT2D eigenvalue weighted by Gasteiger charge is -2.32. The molecule has 4 N–H and O–H groups in total. The average molecular weight is 423 g/mol. The summed E-state index contributed by atoms with van der Waals surface area (Å²) in [5.41, 5.74) is 4.89. The van der Waals surface area contributed by atoms with Gasteiger partial charge >= 0.3 is 0 Å². The fraction of sp³-hybridized carbons (Fsp3) is 0.619. The van der Waals surface area contributed by atoms with Crippen molar-refractivity contribution >= 4 is 28.4 Å². The van der Waals surface area contributed by atoms with Crippen LogP contribution in [0.1, 0.15) is 57.2 Å². The first-order valence-electron chi connectivity index (χ1n) is 10.5. The van der Waals surface area contributed by atoms with Crippen molar-refractivity contribution < 1.29 is 8.78 Å². The summed E-state index contributed by atoms with van der Waals surface area (Å²) in [7, 11) is 0. The van der Waals surface area contributed by atoms with E-state index in [4.69, 9.17) is 5.73 Å². The molecule has 4 rings (SSSR count). The van der Waals surface area contributed by atoms with Gasteiger partial charge in [-0.3, -0.25) is 4.79 Å². The zero-order chi connectivity index (χ0) is 20.4. The molecule has 5 nitrogen and oxygen atoms in total. The number of nitrogens with two attached hydrogens (primary N) is 1. The lowest BCUT2D eigenvalue weighted by Crippen LogP contribution is -2.37. The number of hydrogen-bond acceptors (Lipinski definition) is 5. The largest absolute Gasteiger partial charge is 0.382 e. The molecule has 2 aliphatic carbocycles. The highest BCUT2D eigenvalue weighted by molar-refractivity contribution is 7.99. The van der Waals surface area contributed by atoms with E-state index in [1.165, 1.54) is 18.9 Å². The van der Waals surface area contributed by atoms with Crippen molar-refractivity contribution in [2.45, 2.75) is 74.1 Å². The highest BCUT2D eigenvalue weighted by Crippen LogP contribution is 2.37. The summed E-state index contributed by atoms with van der Waals surface area (Å²) in [6, 6.07) is 3.50. The van der Waals surface area contributed by atoms with Gasteiger partial charge in [0, 0.05) is 23.5 Å². The Morgan fingerprint density at radius 3 is 2.66 bits per heavy atom. The van der Waals surface area contributed by atoms with Gasteiger partial charge < -0.3 is 16.0 Å². The molecule has 0 unspecified atom stereocenters. The van der Waals surface area contributed by atoms with Crippen molar-refractivity contribution in [1.29, 1.82) is 0 Å². The van der Waals surface area contributed by atoms with E-state index in [2.05, 4.69) is 15.3 Å². The Kier molecular flexibility index (Phi) is 6.11. The lowest BCUT2D eigenvalue weighted by molar-refractivity contribution is 0.119. The zero-order valence-corrected chi connectivity index (χ0v) is 17.3. The first-order chi connectivity index (χ1) is 14.0. The SMILES string of the molecule is NC[C@]1(F)CC[C@@H](SCc2nc3cc(NC4CCCC4)cc(F)c3c(=O)[nH]2)CC1. The van der Waals surface area contributed by atoms with E-state index in [0.717, 1.165) is 25.7 Å². The molecule has 2 aliphatic rings. The number of benzene rings is 1. The van der Waals surface area contributed by atoms with Crippen LogP contribution >= 0.6 is 11.8 Å². The number of rotatable bonds is 6. The molecular formula is C21H28F2N4OS. The quantitative estimate of drug-likeness (QED) is 0.648. The van der Waals surface area contributed by atoms with E-state index < -0.39 is 17.0 Å². The van der Waals surface area contributed by atoms with Crippen LogP contribution in [-0.4, -0.2) is 33.5 Å². The minimum atomic E-state index is -1.23.